The smallest absolute Gasteiger partial charge is 0.312 e. The Morgan fingerprint density at radius 1 is 0.846 bits per heavy atom. The van der Waals surface area contributed by atoms with Crippen LogP contribution in [-0.4, -0.2) is 48.8 Å². The molecule has 224 valence electrons. The van der Waals surface area contributed by atoms with Crippen molar-refractivity contribution in [1.82, 2.24) is 0 Å². The van der Waals surface area contributed by atoms with Crippen molar-refractivity contribution in [3.05, 3.63) is 0 Å². The summed E-state index contributed by atoms with van der Waals surface area (Å²) in [6.07, 6.45) is 3.03. The lowest BCUT2D eigenvalue weighted by Gasteiger charge is -2.43. The Labute approximate surface area is 234 Å². The molecule has 0 aromatic carbocycles. The zero-order valence-corrected chi connectivity index (χ0v) is 26.1. The third-order valence-corrected chi connectivity index (χ3v) is 10.7. The number of methoxy groups -OCH3 is 1. The normalized spacial score (nSPS) is 28.5. The van der Waals surface area contributed by atoms with Crippen LogP contribution < -0.4 is 0 Å². The SMILES string of the molecule is CCOC(=O)C(C)(C)CC(C)(CC(C)(CC(C)(CC)C(=O)OC1CC2CCC1(C)C2(C)C)C(=O)O)C(=O)OC. The van der Waals surface area contributed by atoms with E-state index in [0.717, 1.165) is 19.3 Å². The summed E-state index contributed by atoms with van der Waals surface area (Å²) in [4.78, 5) is 52.3. The average molecular weight is 553 g/mol. The van der Waals surface area contributed by atoms with Crippen molar-refractivity contribution in [2.24, 2.45) is 38.4 Å². The van der Waals surface area contributed by atoms with Gasteiger partial charge in [0.25, 0.3) is 0 Å². The molecule has 2 aliphatic rings. The van der Waals surface area contributed by atoms with Crippen LogP contribution >= 0.6 is 0 Å². The topological polar surface area (TPSA) is 116 Å². The minimum Gasteiger partial charge on any atom is -0.481 e. The lowest BCUT2D eigenvalue weighted by molar-refractivity contribution is -0.174. The third kappa shape index (κ3) is 6.00. The van der Waals surface area contributed by atoms with Gasteiger partial charge in [0.1, 0.15) is 6.10 Å². The van der Waals surface area contributed by atoms with Crippen molar-refractivity contribution >= 4 is 23.9 Å². The van der Waals surface area contributed by atoms with Crippen LogP contribution in [0, 0.1) is 38.4 Å². The van der Waals surface area contributed by atoms with E-state index in [4.69, 9.17) is 14.2 Å². The molecule has 0 aromatic heterocycles. The van der Waals surface area contributed by atoms with Gasteiger partial charge < -0.3 is 19.3 Å². The third-order valence-electron chi connectivity index (χ3n) is 10.7. The van der Waals surface area contributed by atoms with Crippen LogP contribution in [-0.2, 0) is 33.4 Å². The number of aliphatic carboxylic acids is 1. The van der Waals surface area contributed by atoms with Gasteiger partial charge in [0.05, 0.1) is 35.4 Å². The highest BCUT2D eigenvalue weighted by atomic mass is 16.5. The van der Waals surface area contributed by atoms with Gasteiger partial charge in [-0.2, -0.15) is 0 Å². The second-order valence-electron chi connectivity index (χ2n) is 14.5. The predicted octanol–water partition coefficient (Wildman–Crippen LogP) is 6.19. The molecular weight excluding hydrogens is 500 g/mol. The fraction of sp³-hybridized carbons (Fsp3) is 0.871. The van der Waals surface area contributed by atoms with Crippen LogP contribution in [0.2, 0.25) is 0 Å². The second-order valence-corrected chi connectivity index (χ2v) is 14.5. The highest BCUT2D eigenvalue weighted by Crippen LogP contribution is 2.66. The van der Waals surface area contributed by atoms with Crippen LogP contribution in [0.1, 0.15) is 114 Å². The summed E-state index contributed by atoms with van der Waals surface area (Å²) < 4.78 is 16.5. The molecule has 1 N–H and O–H groups in total. The summed E-state index contributed by atoms with van der Waals surface area (Å²) in [5, 5.41) is 10.5. The zero-order valence-electron chi connectivity index (χ0n) is 26.1. The Kier molecular flexibility index (Phi) is 9.37. The summed E-state index contributed by atoms with van der Waals surface area (Å²) in [5.41, 5.74) is -4.98. The summed E-state index contributed by atoms with van der Waals surface area (Å²) in [6, 6.07) is 0. The van der Waals surface area contributed by atoms with Crippen molar-refractivity contribution in [2.45, 2.75) is 120 Å². The van der Waals surface area contributed by atoms with Gasteiger partial charge in [-0.25, -0.2) is 0 Å². The van der Waals surface area contributed by atoms with E-state index in [0.29, 0.717) is 12.3 Å². The van der Waals surface area contributed by atoms with Gasteiger partial charge in [-0.05, 0) is 97.8 Å². The van der Waals surface area contributed by atoms with Crippen LogP contribution in [0.5, 0.6) is 0 Å². The lowest BCUT2D eigenvalue weighted by Crippen LogP contribution is -2.47. The molecule has 2 aliphatic carbocycles. The van der Waals surface area contributed by atoms with E-state index in [1.165, 1.54) is 7.11 Å². The van der Waals surface area contributed by atoms with E-state index in [1.54, 1.807) is 41.5 Å². The standard InChI is InChI=1S/C31H52O8/c1-12-28(7,25(36)39-21-16-20-14-15-31(21,10)27(20,5)6)18-29(8,22(32)33)19-30(9,24(35)37-11)17-26(3,4)23(34)38-13-2/h20-21H,12-19H2,1-11H3,(H,32,33). The maximum Gasteiger partial charge on any atom is 0.312 e. The molecule has 39 heavy (non-hydrogen) atoms. The predicted molar refractivity (Wildman–Crippen MR) is 148 cm³/mol. The molecule has 2 bridgehead atoms. The number of ether oxygens (including phenoxy) is 3. The van der Waals surface area contributed by atoms with Gasteiger partial charge in [-0.1, -0.05) is 27.7 Å². The molecule has 2 rings (SSSR count). The first-order valence-electron chi connectivity index (χ1n) is 14.4. The Hall–Kier alpha value is -2.12. The van der Waals surface area contributed by atoms with Gasteiger partial charge in [0.2, 0.25) is 0 Å². The molecule has 0 spiro atoms. The quantitative estimate of drug-likeness (QED) is 0.212. The molecule has 0 aliphatic heterocycles. The van der Waals surface area contributed by atoms with E-state index in [-0.39, 0.29) is 42.8 Å². The van der Waals surface area contributed by atoms with Gasteiger partial charge in [0, 0.05) is 5.41 Å². The van der Waals surface area contributed by atoms with Crippen LogP contribution in [0.25, 0.3) is 0 Å². The Balaban J connectivity index is 2.36. The molecule has 0 aromatic rings. The van der Waals surface area contributed by atoms with Gasteiger partial charge in [-0.3, -0.25) is 19.2 Å². The largest absolute Gasteiger partial charge is 0.481 e. The monoisotopic (exact) mass is 552 g/mol. The van der Waals surface area contributed by atoms with E-state index in [9.17, 15) is 24.3 Å². The number of fused-ring (bicyclic) bond motifs is 2. The number of rotatable bonds is 13. The summed E-state index contributed by atoms with van der Waals surface area (Å²) in [7, 11) is 1.25. The van der Waals surface area contributed by atoms with Crippen molar-refractivity contribution in [2.75, 3.05) is 13.7 Å². The molecule has 6 atom stereocenters. The number of carboxylic acids is 1. The molecule has 6 unspecified atom stereocenters. The van der Waals surface area contributed by atoms with E-state index < -0.39 is 45.5 Å². The lowest BCUT2D eigenvalue weighted by atomic mass is 9.61. The first-order valence-corrected chi connectivity index (χ1v) is 14.4. The van der Waals surface area contributed by atoms with Crippen molar-refractivity contribution < 1.29 is 38.5 Å². The Bertz CT molecular complexity index is 970. The summed E-state index contributed by atoms with van der Waals surface area (Å²) in [5.74, 6) is -2.08. The van der Waals surface area contributed by atoms with Crippen LogP contribution in [0.3, 0.4) is 0 Å². The molecule has 2 fully saturated rings. The number of carbonyl (C=O) groups excluding carboxylic acids is 3. The summed E-state index contributed by atoms with van der Waals surface area (Å²) in [6.45, 7) is 18.8. The fourth-order valence-electron chi connectivity index (χ4n) is 7.68. The number of hydrogen-bond acceptors (Lipinski definition) is 7. The zero-order chi connectivity index (χ0) is 30.2. The Morgan fingerprint density at radius 3 is 1.82 bits per heavy atom. The molecule has 0 saturated heterocycles. The van der Waals surface area contributed by atoms with Crippen molar-refractivity contribution in [3.8, 4) is 0 Å². The Morgan fingerprint density at radius 2 is 1.41 bits per heavy atom. The van der Waals surface area contributed by atoms with Crippen LogP contribution in [0.4, 0.5) is 0 Å². The molecule has 0 amide bonds. The van der Waals surface area contributed by atoms with Gasteiger partial charge >= 0.3 is 23.9 Å². The minimum absolute atomic E-state index is 0.0205. The molecular formula is C31H52O8. The van der Waals surface area contributed by atoms with Crippen LogP contribution in [0.15, 0.2) is 0 Å². The van der Waals surface area contributed by atoms with E-state index in [1.807, 2.05) is 6.92 Å². The van der Waals surface area contributed by atoms with E-state index in [2.05, 4.69) is 20.8 Å². The first kappa shape index (κ1) is 33.1. The summed E-state index contributed by atoms with van der Waals surface area (Å²) >= 11 is 0. The van der Waals surface area contributed by atoms with Crippen molar-refractivity contribution in [3.63, 3.8) is 0 Å². The van der Waals surface area contributed by atoms with Crippen molar-refractivity contribution in [1.29, 1.82) is 0 Å². The maximum atomic E-state index is 13.8. The molecule has 0 heterocycles. The molecule has 8 heteroatoms. The number of carboxylic acid groups (broad SMARTS) is 1. The number of esters is 3. The molecule has 2 saturated carbocycles. The van der Waals surface area contributed by atoms with Gasteiger partial charge in [0.15, 0.2) is 0 Å². The maximum absolute atomic E-state index is 13.8. The minimum atomic E-state index is -1.48. The first-order chi connectivity index (χ1) is 17.7. The molecule has 8 nitrogen and oxygen atoms in total. The van der Waals surface area contributed by atoms with Gasteiger partial charge in [-0.15, -0.1) is 0 Å². The number of carbonyl (C=O) groups is 4. The van der Waals surface area contributed by atoms with E-state index >= 15 is 0 Å². The second kappa shape index (κ2) is 11.0. The number of hydrogen-bond donors (Lipinski definition) is 1. The average Bonchev–Trinajstić information content (AvgIpc) is 3.16. The fourth-order valence-corrected chi connectivity index (χ4v) is 7.68. The highest BCUT2D eigenvalue weighted by molar-refractivity contribution is 5.83. The highest BCUT2D eigenvalue weighted by Gasteiger charge is 2.63. The molecule has 0 radical (unpaired) electrons.